The zero-order valence-corrected chi connectivity index (χ0v) is 19.4. The van der Waals surface area contributed by atoms with Crippen LogP contribution in [0.2, 0.25) is 5.02 Å². The third-order valence-corrected chi connectivity index (χ3v) is 5.83. The van der Waals surface area contributed by atoms with Gasteiger partial charge in [-0.2, -0.15) is 0 Å². The monoisotopic (exact) mass is 448 g/mol. The van der Waals surface area contributed by atoms with Gasteiger partial charge in [0.25, 0.3) is 0 Å². The van der Waals surface area contributed by atoms with Crippen LogP contribution in [-0.2, 0) is 13.2 Å². The Morgan fingerprint density at radius 2 is 1.62 bits per heavy atom. The van der Waals surface area contributed by atoms with Gasteiger partial charge < -0.3 is 14.0 Å². The van der Waals surface area contributed by atoms with Gasteiger partial charge in [-0.1, -0.05) is 61.8 Å². The first-order valence-electron chi connectivity index (χ1n) is 11.2. The summed E-state index contributed by atoms with van der Waals surface area (Å²) in [5.41, 5.74) is 3.43. The minimum absolute atomic E-state index is 0.372. The summed E-state index contributed by atoms with van der Waals surface area (Å²) in [5.74, 6) is 3.03. The van der Waals surface area contributed by atoms with Gasteiger partial charge in [0.05, 0.1) is 22.7 Å². The van der Waals surface area contributed by atoms with Gasteiger partial charge in [0.2, 0.25) is 0 Å². The number of hydrogen-bond acceptors (Lipinski definition) is 3. The standard InChI is InChI=1S/C27H29ClN2O2/c1-20(2)21-13-15-22(16-14-21)31-18-8-7-17-30-25-11-5-4-10-24(25)29-27(30)19-32-26-12-6-3-9-23(26)28/h3-6,9-16,20H,7-8,17-19H2,1-2H3. The maximum atomic E-state index is 6.24. The zero-order chi connectivity index (χ0) is 22.3. The van der Waals surface area contributed by atoms with Crippen molar-refractivity contribution in [1.82, 2.24) is 9.55 Å². The molecule has 0 bridgehead atoms. The Morgan fingerprint density at radius 3 is 2.41 bits per heavy atom. The van der Waals surface area contributed by atoms with E-state index in [2.05, 4.69) is 48.7 Å². The van der Waals surface area contributed by atoms with Crippen LogP contribution in [0.25, 0.3) is 11.0 Å². The average molecular weight is 449 g/mol. The van der Waals surface area contributed by atoms with Crippen molar-refractivity contribution >= 4 is 22.6 Å². The Morgan fingerprint density at radius 1 is 0.875 bits per heavy atom. The predicted molar refractivity (Wildman–Crippen MR) is 131 cm³/mol. The van der Waals surface area contributed by atoms with Crippen molar-refractivity contribution in [1.29, 1.82) is 0 Å². The molecule has 0 fully saturated rings. The molecule has 1 aromatic heterocycles. The van der Waals surface area contributed by atoms with Crippen molar-refractivity contribution in [2.45, 2.75) is 45.8 Å². The highest BCUT2D eigenvalue weighted by Gasteiger charge is 2.12. The molecule has 4 aromatic rings. The summed E-state index contributed by atoms with van der Waals surface area (Å²) < 4.78 is 14.1. The lowest BCUT2D eigenvalue weighted by molar-refractivity contribution is 0.285. The van der Waals surface area contributed by atoms with Gasteiger partial charge in [-0.05, 0) is 60.7 Å². The number of aryl methyl sites for hydroxylation is 1. The number of imidazole rings is 1. The van der Waals surface area contributed by atoms with Gasteiger partial charge in [-0.3, -0.25) is 0 Å². The smallest absolute Gasteiger partial charge is 0.147 e. The first-order chi connectivity index (χ1) is 15.6. The number of benzene rings is 3. The number of halogens is 1. The van der Waals surface area contributed by atoms with Crippen LogP contribution in [0.3, 0.4) is 0 Å². The molecule has 3 aromatic carbocycles. The van der Waals surface area contributed by atoms with Crippen molar-refractivity contribution in [2.24, 2.45) is 0 Å². The van der Waals surface area contributed by atoms with Gasteiger partial charge in [-0.15, -0.1) is 0 Å². The second kappa shape index (κ2) is 10.6. The van der Waals surface area contributed by atoms with E-state index in [4.69, 9.17) is 26.1 Å². The normalized spacial score (nSPS) is 11.2. The number of nitrogens with zero attached hydrogens (tertiary/aromatic N) is 2. The minimum atomic E-state index is 0.372. The quantitative estimate of drug-likeness (QED) is 0.240. The Kier molecular flexibility index (Phi) is 7.33. The van der Waals surface area contributed by atoms with Gasteiger partial charge in [-0.25, -0.2) is 4.98 Å². The largest absolute Gasteiger partial charge is 0.494 e. The van der Waals surface area contributed by atoms with Crippen molar-refractivity contribution < 1.29 is 9.47 Å². The molecule has 0 saturated heterocycles. The van der Waals surface area contributed by atoms with E-state index < -0.39 is 0 Å². The molecule has 166 valence electrons. The van der Waals surface area contributed by atoms with Crippen LogP contribution >= 0.6 is 11.6 Å². The molecule has 0 N–H and O–H groups in total. The van der Waals surface area contributed by atoms with Crippen LogP contribution in [0.5, 0.6) is 11.5 Å². The van der Waals surface area contributed by atoms with Crippen LogP contribution in [0.1, 0.15) is 44.0 Å². The van der Waals surface area contributed by atoms with E-state index in [1.807, 2.05) is 42.5 Å². The Balaban J connectivity index is 1.35. The number of ether oxygens (including phenoxy) is 2. The van der Waals surface area contributed by atoms with Crippen molar-refractivity contribution in [3.63, 3.8) is 0 Å². The predicted octanol–water partition coefficient (Wildman–Crippen LogP) is 7.25. The van der Waals surface area contributed by atoms with Gasteiger partial charge in [0, 0.05) is 6.54 Å². The maximum absolute atomic E-state index is 6.24. The highest BCUT2D eigenvalue weighted by molar-refractivity contribution is 6.32. The molecule has 0 atom stereocenters. The lowest BCUT2D eigenvalue weighted by Gasteiger charge is -2.12. The van der Waals surface area contributed by atoms with E-state index in [1.54, 1.807) is 0 Å². The molecule has 0 spiro atoms. The highest BCUT2D eigenvalue weighted by Crippen LogP contribution is 2.25. The molecule has 4 nitrogen and oxygen atoms in total. The minimum Gasteiger partial charge on any atom is -0.494 e. The van der Waals surface area contributed by atoms with E-state index in [0.717, 1.165) is 42.0 Å². The summed E-state index contributed by atoms with van der Waals surface area (Å²) in [6, 6.07) is 24.1. The van der Waals surface area contributed by atoms with Crippen molar-refractivity contribution in [3.8, 4) is 11.5 Å². The molecule has 0 aliphatic rings. The van der Waals surface area contributed by atoms with Gasteiger partial charge in [0.15, 0.2) is 0 Å². The lowest BCUT2D eigenvalue weighted by atomic mass is 10.0. The van der Waals surface area contributed by atoms with E-state index in [9.17, 15) is 0 Å². The number of para-hydroxylation sites is 3. The average Bonchev–Trinajstić information content (AvgIpc) is 3.16. The van der Waals surface area contributed by atoms with Crippen LogP contribution in [0.4, 0.5) is 0 Å². The highest BCUT2D eigenvalue weighted by atomic mass is 35.5. The molecule has 0 aliphatic heterocycles. The molecule has 0 aliphatic carbocycles. The summed E-state index contributed by atoms with van der Waals surface area (Å²) >= 11 is 6.24. The summed E-state index contributed by atoms with van der Waals surface area (Å²) in [6.45, 7) is 6.32. The molecular weight excluding hydrogens is 420 g/mol. The van der Waals surface area contributed by atoms with Crippen LogP contribution in [0, 0.1) is 0 Å². The van der Waals surface area contributed by atoms with Crippen LogP contribution < -0.4 is 9.47 Å². The number of fused-ring (bicyclic) bond motifs is 1. The lowest BCUT2D eigenvalue weighted by Crippen LogP contribution is -2.09. The molecule has 0 saturated carbocycles. The summed E-state index contributed by atoms with van der Waals surface area (Å²) in [4.78, 5) is 4.79. The molecule has 0 unspecified atom stereocenters. The number of hydrogen-bond donors (Lipinski definition) is 0. The third kappa shape index (κ3) is 5.43. The van der Waals surface area contributed by atoms with E-state index >= 15 is 0 Å². The summed E-state index contributed by atoms with van der Waals surface area (Å²) in [6.07, 6.45) is 1.95. The van der Waals surface area contributed by atoms with Crippen LogP contribution in [-0.4, -0.2) is 16.2 Å². The fraction of sp³-hybridized carbons (Fsp3) is 0.296. The van der Waals surface area contributed by atoms with Crippen molar-refractivity contribution in [3.05, 3.63) is 89.2 Å². The Bertz CT molecular complexity index is 1150. The molecule has 0 amide bonds. The maximum Gasteiger partial charge on any atom is 0.147 e. The SMILES string of the molecule is CC(C)c1ccc(OCCCCn2c(COc3ccccc3Cl)nc3ccccc32)cc1. The molecule has 4 rings (SSSR count). The Hall–Kier alpha value is -2.98. The number of aromatic nitrogens is 2. The number of rotatable bonds is 10. The van der Waals surface area contributed by atoms with E-state index in [1.165, 1.54) is 5.56 Å². The zero-order valence-electron chi connectivity index (χ0n) is 18.6. The van der Waals surface area contributed by atoms with Gasteiger partial charge in [0.1, 0.15) is 23.9 Å². The third-order valence-electron chi connectivity index (χ3n) is 5.52. The Labute approximate surface area is 194 Å². The second-order valence-corrected chi connectivity index (χ2v) is 8.57. The number of unbranched alkanes of at least 4 members (excludes halogenated alkanes) is 1. The molecule has 32 heavy (non-hydrogen) atoms. The summed E-state index contributed by atoms with van der Waals surface area (Å²) in [7, 11) is 0. The molecule has 1 heterocycles. The second-order valence-electron chi connectivity index (χ2n) is 8.17. The topological polar surface area (TPSA) is 36.3 Å². The molecule has 5 heteroatoms. The summed E-state index contributed by atoms with van der Waals surface area (Å²) in [5, 5.41) is 0.605. The van der Waals surface area contributed by atoms with E-state index in [0.29, 0.717) is 29.9 Å². The molecule has 0 radical (unpaired) electrons. The first-order valence-corrected chi connectivity index (χ1v) is 11.5. The van der Waals surface area contributed by atoms with Crippen LogP contribution in [0.15, 0.2) is 72.8 Å². The fourth-order valence-electron chi connectivity index (χ4n) is 3.70. The van der Waals surface area contributed by atoms with Crippen molar-refractivity contribution in [2.75, 3.05) is 6.61 Å². The van der Waals surface area contributed by atoms with Gasteiger partial charge >= 0.3 is 0 Å². The fourth-order valence-corrected chi connectivity index (χ4v) is 3.89. The van der Waals surface area contributed by atoms with E-state index in [-0.39, 0.29) is 0 Å². The first kappa shape index (κ1) is 22.2. The molecular formula is C27H29ClN2O2.